The molecular formula is C22H26N2O3. The van der Waals surface area contributed by atoms with Crippen LogP contribution in [-0.4, -0.2) is 29.0 Å². The van der Waals surface area contributed by atoms with Gasteiger partial charge in [-0.25, -0.2) is 0 Å². The highest BCUT2D eigenvalue weighted by Crippen LogP contribution is 2.35. The number of aromatic hydroxyl groups is 1. The SMILES string of the molecule is CCN(CC)Cc1c(O)ccc2oc(C)c(C(=O)Nc3ccccc3C)c12. The quantitative estimate of drug-likeness (QED) is 0.654. The Bertz CT molecular complexity index is 971. The van der Waals surface area contributed by atoms with E-state index in [0.717, 1.165) is 29.9 Å². The van der Waals surface area contributed by atoms with Crippen LogP contribution in [-0.2, 0) is 6.54 Å². The van der Waals surface area contributed by atoms with Gasteiger partial charge in [-0.3, -0.25) is 9.69 Å². The number of rotatable bonds is 6. The Labute approximate surface area is 159 Å². The summed E-state index contributed by atoms with van der Waals surface area (Å²) in [5, 5.41) is 14.2. The molecule has 0 fully saturated rings. The topological polar surface area (TPSA) is 65.7 Å². The van der Waals surface area contributed by atoms with E-state index in [0.29, 0.717) is 28.8 Å². The molecule has 0 spiro atoms. The summed E-state index contributed by atoms with van der Waals surface area (Å²) in [6.45, 7) is 10.2. The van der Waals surface area contributed by atoms with E-state index < -0.39 is 0 Å². The van der Waals surface area contributed by atoms with Crippen LogP contribution in [0.4, 0.5) is 5.69 Å². The van der Waals surface area contributed by atoms with Gasteiger partial charge in [-0.1, -0.05) is 32.0 Å². The van der Waals surface area contributed by atoms with Gasteiger partial charge in [-0.05, 0) is 50.7 Å². The third-order valence-electron chi connectivity index (χ3n) is 5.01. The first kappa shape index (κ1) is 19.0. The largest absolute Gasteiger partial charge is 0.508 e. The predicted octanol–water partition coefficient (Wildman–Crippen LogP) is 4.85. The Balaban J connectivity index is 2.09. The van der Waals surface area contributed by atoms with Crippen LogP contribution in [0.15, 0.2) is 40.8 Å². The zero-order chi connectivity index (χ0) is 19.6. The molecule has 1 amide bonds. The van der Waals surface area contributed by atoms with Crippen molar-refractivity contribution in [2.75, 3.05) is 18.4 Å². The molecule has 1 aromatic heterocycles. The molecule has 3 rings (SSSR count). The zero-order valence-corrected chi connectivity index (χ0v) is 16.3. The van der Waals surface area contributed by atoms with Crippen molar-refractivity contribution < 1.29 is 14.3 Å². The Kier molecular flexibility index (Phi) is 5.51. The number of furan rings is 1. The molecule has 0 unspecified atom stereocenters. The van der Waals surface area contributed by atoms with Gasteiger partial charge in [0.05, 0.1) is 5.56 Å². The maximum atomic E-state index is 13.1. The number of carbonyl (C=O) groups is 1. The molecule has 0 saturated carbocycles. The van der Waals surface area contributed by atoms with Crippen LogP contribution in [0, 0.1) is 13.8 Å². The van der Waals surface area contributed by atoms with Gasteiger partial charge in [0.15, 0.2) is 0 Å². The molecule has 0 aliphatic heterocycles. The Hall–Kier alpha value is -2.79. The lowest BCUT2D eigenvalue weighted by atomic mass is 10.0. The second kappa shape index (κ2) is 7.84. The number of benzene rings is 2. The van der Waals surface area contributed by atoms with E-state index in [-0.39, 0.29) is 11.7 Å². The summed E-state index contributed by atoms with van der Waals surface area (Å²) in [6.07, 6.45) is 0. The highest BCUT2D eigenvalue weighted by atomic mass is 16.3. The third-order valence-corrected chi connectivity index (χ3v) is 5.01. The van der Waals surface area contributed by atoms with Crippen LogP contribution in [0.2, 0.25) is 0 Å². The second-order valence-corrected chi connectivity index (χ2v) is 6.70. The third kappa shape index (κ3) is 3.69. The number of anilines is 1. The molecule has 0 radical (unpaired) electrons. The molecule has 0 aliphatic carbocycles. The van der Waals surface area contributed by atoms with Crippen molar-refractivity contribution in [3.05, 3.63) is 58.8 Å². The van der Waals surface area contributed by atoms with Gasteiger partial charge in [0.2, 0.25) is 0 Å². The molecule has 3 aromatic rings. The first-order valence-corrected chi connectivity index (χ1v) is 9.29. The van der Waals surface area contributed by atoms with E-state index in [9.17, 15) is 9.90 Å². The number of phenolic OH excluding ortho intramolecular Hbond substituents is 1. The summed E-state index contributed by atoms with van der Waals surface area (Å²) in [7, 11) is 0. The average molecular weight is 366 g/mol. The minimum absolute atomic E-state index is 0.181. The monoisotopic (exact) mass is 366 g/mol. The van der Waals surface area contributed by atoms with Gasteiger partial charge in [0.1, 0.15) is 17.1 Å². The van der Waals surface area contributed by atoms with E-state index in [1.165, 1.54) is 0 Å². The molecule has 0 saturated heterocycles. The van der Waals surface area contributed by atoms with E-state index in [1.54, 1.807) is 19.1 Å². The van der Waals surface area contributed by atoms with E-state index in [1.807, 2.05) is 31.2 Å². The molecule has 1 heterocycles. The van der Waals surface area contributed by atoms with Crippen molar-refractivity contribution >= 4 is 22.6 Å². The van der Waals surface area contributed by atoms with Gasteiger partial charge >= 0.3 is 0 Å². The van der Waals surface area contributed by atoms with Crippen LogP contribution in [0.3, 0.4) is 0 Å². The van der Waals surface area contributed by atoms with Crippen LogP contribution < -0.4 is 5.32 Å². The second-order valence-electron chi connectivity index (χ2n) is 6.70. The highest BCUT2D eigenvalue weighted by Gasteiger charge is 2.23. The van der Waals surface area contributed by atoms with E-state index in [2.05, 4.69) is 24.1 Å². The molecule has 0 aliphatic rings. The fourth-order valence-electron chi connectivity index (χ4n) is 3.37. The maximum absolute atomic E-state index is 13.1. The zero-order valence-electron chi connectivity index (χ0n) is 16.3. The number of nitrogens with one attached hydrogen (secondary N) is 1. The number of amides is 1. The molecule has 142 valence electrons. The summed E-state index contributed by atoms with van der Waals surface area (Å²) in [6, 6.07) is 11.0. The summed E-state index contributed by atoms with van der Waals surface area (Å²) < 4.78 is 5.84. The van der Waals surface area contributed by atoms with Crippen molar-refractivity contribution in [1.29, 1.82) is 0 Å². The highest BCUT2D eigenvalue weighted by molar-refractivity contribution is 6.14. The summed E-state index contributed by atoms with van der Waals surface area (Å²) >= 11 is 0. The number of phenols is 1. The van der Waals surface area contributed by atoms with Crippen LogP contribution >= 0.6 is 0 Å². The number of nitrogens with zero attached hydrogens (tertiary/aromatic N) is 1. The van der Waals surface area contributed by atoms with Crippen molar-refractivity contribution in [2.24, 2.45) is 0 Å². The van der Waals surface area contributed by atoms with Gasteiger partial charge in [-0.2, -0.15) is 0 Å². The number of para-hydroxylation sites is 1. The van der Waals surface area contributed by atoms with Crippen LogP contribution in [0.5, 0.6) is 5.75 Å². The fourth-order valence-corrected chi connectivity index (χ4v) is 3.37. The maximum Gasteiger partial charge on any atom is 0.259 e. The first-order valence-electron chi connectivity index (χ1n) is 9.29. The molecule has 5 heteroatoms. The summed E-state index contributed by atoms with van der Waals surface area (Å²) in [5.74, 6) is 0.495. The molecule has 0 atom stereocenters. The number of hydrogen-bond donors (Lipinski definition) is 2. The molecular weight excluding hydrogens is 340 g/mol. The van der Waals surface area contributed by atoms with Crippen molar-refractivity contribution in [3.8, 4) is 5.75 Å². The standard InChI is InChI=1S/C22H26N2O3/c1-5-24(6-2)13-16-18(25)11-12-19-21(16)20(15(4)27-19)22(26)23-17-10-8-7-9-14(17)3/h7-12,25H,5-6,13H2,1-4H3,(H,23,26). The van der Waals surface area contributed by atoms with Crippen LogP contribution in [0.1, 0.15) is 41.1 Å². The minimum Gasteiger partial charge on any atom is -0.508 e. The summed E-state index contributed by atoms with van der Waals surface area (Å²) in [5.41, 5.74) is 3.57. The van der Waals surface area contributed by atoms with Gasteiger partial charge < -0.3 is 14.8 Å². The van der Waals surface area contributed by atoms with Crippen LogP contribution in [0.25, 0.3) is 11.0 Å². The molecule has 2 aromatic carbocycles. The Morgan fingerprint density at radius 2 is 1.81 bits per heavy atom. The number of carbonyl (C=O) groups excluding carboxylic acids is 1. The molecule has 0 bridgehead atoms. The van der Waals surface area contributed by atoms with Gasteiger partial charge in [0.25, 0.3) is 5.91 Å². The number of hydrogen-bond acceptors (Lipinski definition) is 4. The molecule has 27 heavy (non-hydrogen) atoms. The first-order chi connectivity index (χ1) is 13.0. The van der Waals surface area contributed by atoms with Crippen molar-refractivity contribution in [1.82, 2.24) is 4.90 Å². The van der Waals surface area contributed by atoms with Gasteiger partial charge in [0, 0.05) is 23.2 Å². The van der Waals surface area contributed by atoms with Crippen molar-refractivity contribution in [3.63, 3.8) is 0 Å². The lowest BCUT2D eigenvalue weighted by Crippen LogP contribution is -2.22. The number of fused-ring (bicyclic) bond motifs is 1. The predicted molar refractivity (Wildman–Crippen MR) is 108 cm³/mol. The lowest BCUT2D eigenvalue weighted by Gasteiger charge is -2.19. The van der Waals surface area contributed by atoms with Crippen molar-refractivity contribution in [2.45, 2.75) is 34.2 Å². The summed E-state index contributed by atoms with van der Waals surface area (Å²) in [4.78, 5) is 15.3. The normalized spacial score (nSPS) is 11.3. The lowest BCUT2D eigenvalue weighted by molar-refractivity contribution is 0.102. The van der Waals surface area contributed by atoms with Gasteiger partial charge in [-0.15, -0.1) is 0 Å². The van der Waals surface area contributed by atoms with E-state index >= 15 is 0 Å². The number of aryl methyl sites for hydroxylation is 2. The fraction of sp³-hybridized carbons (Fsp3) is 0.318. The average Bonchev–Trinajstić information content (AvgIpc) is 2.99. The smallest absolute Gasteiger partial charge is 0.259 e. The molecule has 2 N–H and O–H groups in total. The molecule has 5 nitrogen and oxygen atoms in total. The minimum atomic E-state index is -0.230. The Morgan fingerprint density at radius 3 is 2.48 bits per heavy atom. The Morgan fingerprint density at radius 1 is 1.11 bits per heavy atom. The van der Waals surface area contributed by atoms with E-state index in [4.69, 9.17) is 4.42 Å².